The van der Waals surface area contributed by atoms with Crippen LogP contribution in [0.4, 0.5) is 0 Å². The van der Waals surface area contributed by atoms with Crippen LogP contribution in [0.1, 0.15) is 34.4 Å². The molecule has 27 heavy (non-hydrogen) atoms. The van der Waals surface area contributed by atoms with E-state index >= 15 is 0 Å². The van der Waals surface area contributed by atoms with Crippen molar-refractivity contribution in [2.24, 2.45) is 0 Å². The molecular formula is C21H20N4O2. The van der Waals surface area contributed by atoms with Gasteiger partial charge in [-0.3, -0.25) is 4.79 Å². The van der Waals surface area contributed by atoms with Crippen molar-refractivity contribution in [3.05, 3.63) is 77.6 Å². The average molecular weight is 360 g/mol. The van der Waals surface area contributed by atoms with Crippen molar-refractivity contribution in [3.63, 3.8) is 0 Å². The van der Waals surface area contributed by atoms with Gasteiger partial charge in [-0.1, -0.05) is 37.3 Å². The Balaban J connectivity index is 1.74. The molecule has 1 amide bonds. The summed E-state index contributed by atoms with van der Waals surface area (Å²) in [6.45, 7) is 4.31. The van der Waals surface area contributed by atoms with Crippen LogP contribution < -0.4 is 5.32 Å². The summed E-state index contributed by atoms with van der Waals surface area (Å²) in [6.07, 6.45) is 3.89. The molecule has 1 N–H and O–H groups in total. The second-order valence-electron chi connectivity index (χ2n) is 6.30. The Morgan fingerprint density at radius 3 is 2.70 bits per heavy atom. The fourth-order valence-corrected chi connectivity index (χ4v) is 3.29. The van der Waals surface area contributed by atoms with Gasteiger partial charge >= 0.3 is 0 Å². The third-order valence-corrected chi connectivity index (χ3v) is 4.56. The number of hydrogen-bond acceptors (Lipinski definition) is 4. The standard InChI is InChI=1S/C21H20N4O2/c1-3-18-17(21(26)23-12-16-10-7-11-27-16)13-22-20-19(14(2)24-25(18)20)15-8-5-4-6-9-15/h4-11,13H,3,12H2,1-2H3,(H,23,26). The molecule has 0 unspecified atom stereocenters. The molecule has 0 aliphatic heterocycles. The minimum atomic E-state index is -0.188. The Kier molecular flexibility index (Phi) is 4.46. The summed E-state index contributed by atoms with van der Waals surface area (Å²) in [5.74, 6) is 0.517. The highest BCUT2D eigenvalue weighted by Crippen LogP contribution is 2.28. The quantitative estimate of drug-likeness (QED) is 0.588. The van der Waals surface area contributed by atoms with Gasteiger partial charge < -0.3 is 9.73 Å². The number of carbonyl (C=O) groups excluding carboxylic acids is 1. The van der Waals surface area contributed by atoms with E-state index in [1.807, 2.05) is 50.2 Å². The molecule has 4 rings (SSSR count). The lowest BCUT2D eigenvalue weighted by Gasteiger charge is -2.10. The van der Waals surface area contributed by atoms with E-state index in [1.54, 1.807) is 23.0 Å². The molecule has 6 heteroatoms. The number of aromatic nitrogens is 3. The number of nitrogens with zero attached hydrogens (tertiary/aromatic N) is 3. The van der Waals surface area contributed by atoms with Gasteiger partial charge in [0, 0.05) is 11.8 Å². The Bertz CT molecular complexity index is 1080. The van der Waals surface area contributed by atoms with Crippen LogP contribution in [-0.4, -0.2) is 20.5 Å². The molecule has 0 fully saturated rings. The fourth-order valence-electron chi connectivity index (χ4n) is 3.29. The Morgan fingerprint density at radius 2 is 2.00 bits per heavy atom. The van der Waals surface area contributed by atoms with Crippen molar-refractivity contribution in [2.45, 2.75) is 26.8 Å². The van der Waals surface area contributed by atoms with Gasteiger partial charge in [-0.25, -0.2) is 9.50 Å². The first-order valence-corrected chi connectivity index (χ1v) is 8.92. The predicted octanol–water partition coefficient (Wildman–Crippen LogP) is 3.79. The number of amides is 1. The van der Waals surface area contributed by atoms with Crippen molar-refractivity contribution >= 4 is 11.6 Å². The maximum atomic E-state index is 12.7. The first-order chi connectivity index (χ1) is 13.2. The number of carbonyl (C=O) groups is 1. The van der Waals surface area contributed by atoms with Crippen LogP contribution >= 0.6 is 0 Å². The molecular weight excluding hydrogens is 340 g/mol. The highest BCUT2D eigenvalue weighted by Gasteiger charge is 2.20. The zero-order chi connectivity index (χ0) is 18.8. The number of benzene rings is 1. The maximum Gasteiger partial charge on any atom is 0.255 e. The van der Waals surface area contributed by atoms with E-state index in [9.17, 15) is 4.79 Å². The smallest absolute Gasteiger partial charge is 0.255 e. The van der Waals surface area contributed by atoms with Gasteiger partial charge in [-0.05, 0) is 31.0 Å². The molecule has 0 aliphatic rings. The highest BCUT2D eigenvalue weighted by molar-refractivity contribution is 5.95. The van der Waals surface area contributed by atoms with Crippen LogP contribution in [0.2, 0.25) is 0 Å². The van der Waals surface area contributed by atoms with Gasteiger partial charge in [0.15, 0.2) is 5.65 Å². The molecule has 0 saturated carbocycles. The van der Waals surface area contributed by atoms with E-state index in [-0.39, 0.29) is 5.91 Å². The van der Waals surface area contributed by atoms with Crippen molar-refractivity contribution < 1.29 is 9.21 Å². The number of nitrogens with one attached hydrogen (secondary N) is 1. The topological polar surface area (TPSA) is 72.4 Å². The Morgan fingerprint density at radius 1 is 1.19 bits per heavy atom. The zero-order valence-corrected chi connectivity index (χ0v) is 15.3. The van der Waals surface area contributed by atoms with Gasteiger partial charge in [-0.15, -0.1) is 0 Å². The number of hydrogen-bond donors (Lipinski definition) is 1. The van der Waals surface area contributed by atoms with Crippen molar-refractivity contribution in [1.82, 2.24) is 19.9 Å². The molecule has 4 aromatic rings. The lowest BCUT2D eigenvalue weighted by molar-refractivity contribution is 0.0946. The van der Waals surface area contributed by atoms with Gasteiger partial charge in [0.25, 0.3) is 5.91 Å². The van der Waals surface area contributed by atoms with Gasteiger partial charge in [-0.2, -0.15) is 5.10 Å². The van der Waals surface area contributed by atoms with Gasteiger partial charge in [0.2, 0.25) is 0 Å². The van der Waals surface area contributed by atoms with E-state index in [1.165, 1.54) is 0 Å². The van der Waals surface area contributed by atoms with Gasteiger partial charge in [0.1, 0.15) is 5.76 Å². The maximum absolute atomic E-state index is 12.7. The monoisotopic (exact) mass is 360 g/mol. The summed E-state index contributed by atoms with van der Waals surface area (Å²) in [5.41, 5.74) is 5.07. The first-order valence-electron chi connectivity index (χ1n) is 8.92. The van der Waals surface area contributed by atoms with E-state index in [0.29, 0.717) is 24.3 Å². The summed E-state index contributed by atoms with van der Waals surface area (Å²) >= 11 is 0. The van der Waals surface area contributed by atoms with Crippen LogP contribution in [0, 0.1) is 6.92 Å². The second kappa shape index (κ2) is 7.07. The molecule has 136 valence electrons. The zero-order valence-electron chi connectivity index (χ0n) is 15.3. The first kappa shape index (κ1) is 17.0. The molecule has 1 aromatic carbocycles. The Hall–Kier alpha value is -3.41. The number of fused-ring (bicyclic) bond motifs is 1. The molecule has 6 nitrogen and oxygen atoms in total. The minimum absolute atomic E-state index is 0.188. The third kappa shape index (κ3) is 3.10. The van der Waals surface area contributed by atoms with Crippen LogP contribution in [0.25, 0.3) is 16.8 Å². The number of furan rings is 1. The molecule has 0 radical (unpaired) electrons. The molecule has 0 saturated heterocycles. The molecule has 0 bridgehead atoms. The average Bonchev–Trinajstić information content (AvgIpc) is 3.32. The molecule has 0 aliphatic carbocycles. The van der Waals surface area contributed by atoms with Crippen molar-refractivity contribution in [1.29, 1.82) is 0 Å². The van der Waals surface area contributed by atoms with E-state index < -0.39 is 0 Å². The highest BCUT2D eigenvalue weighted by atomic mass is 16.3. The van der Waals surface area contributed by atoms with E-state index in [0.717, 1.165) is 28.2 Å². The Labute approximate surface area is 156 Å². The normalized spacial score (nSPS) is 11.0. The van der Waals surface area contributed by atoms with E-state index in [4.69, 9.17) is 4.42 Å². The van der Waals surface area contributed by atoms with E-state index in [2.05, 4.69) is 15.4 Å². The fraction of sp³-hybridized carbons (Fsp3) is 0.190. The largest absolute Gasteiger partial charge is 0.467 e. The molecule has 0 atom stereocenters. The number of aryl methyl sites for hydroxylation is 2. The van der Waals surface area contributed by atoms with Crippen LogP contribution in [0.15, 0.2) is 59.3 Å². The number of rotatable bonds is 5. The van der Waals surface area contributed by atoms with Crippen LogP contribution in [0.3, 0.4) is 0 Å². The lowest BCUT2D eigenvalue weighted by atomic mass is 10.1. The SMILES string of the molecule is CCc1c(C(=O)NCc2ccco2)cnc2c(-c3ccccc3)c(C)nn12. The van der Waals surface area contributed by atoms with Crippen LogP contribution in [0.5, 0.6) is 0 Å². The molecule has 3 heterocycles. The summed E-state index contributed by atoms with van der Waals surface area (Å²) in [4.78, 5) is 17.3. The molecule has 0 spiro atoms. The van der Waals surface area contributed by atoms with Crippen LogP contribution in [-0.2, 0) is 13.0 Å². The lowest BCUT2D eigenvalue weighted by Crippen LogP contribution is -2.25. The van der Waals surface area contributed by atoms with Gasteiger partial charge in [0.05, 0.1) is 29.8 Å². The van der Waals surface area contributed by atoms with Crippen molar-refractivity contribution in [3.8, 4) is 11.1 Å². The minimum Gasteiger partial charge on any atom is -0.467 e. The summed E-state index contributed by atoms with van der Waals surface area (Å²) in [7, 11) is 0. The van der Waals surface area contributed by atoms with Crippen molar-refractivity contribution in [2.75, 3.05) is 0 Å². The molecule has 3 aromatic heterocycles. The second-order valence-corrected chi connectivity index (χ2v) is 6.30. The summed E-state index contributed by atoms with van der Waals surface area (Å²) in [6, 6.07) is 13.7. The third-order valence-electron chi connectivity index (χ3n) is 4.56. The summed E-state index contributed by atoms with van der Waals surface area (Å²) in [5, 5.41) is 7.55. The summed E-state index contributed by atoms with van der Waals surface area (Å²) < 4.78 is 7.06. The predicted molar refractivity (Wildman–Crippen MR) is 102 cm³/mol.